The van der Waals surface area contributed by atoms with Crippen LogP contribution in [0.2, 0.25) is 0 Å². The second kappa shape index (κ2) is 6.40. The Kier molecular flexibility index (Phi) is 6.35. The molecule has 0 heterocycles. The first kappa shape index (κ1) is 13.9. The SMILES string of the molecule is CCCOC(=O)C(Br)(Br)C(=O)OCC. The van der Waals surface area contributed by atoms with Crippen molar-refractivity contribution in [2.75, 3.05) is 13.2 Å². The number of hydrogen-bond acceptors (Lipinski definition) is 4. The molecule has 0 aliphatic rings. The van der Waals surface area contributed by atoms with Crippen molar-refractivity contribution in [3.05, 3.63) is 0 Å². The number of carbonyl (C=O) groups is 2. The molecule has 0 aliphatic heterocycles. The summed E-state index contributed by atoms with van der Waals surface area (Å²) in [5, 5.41) is 0. The highest BCUT2D eigenvalue weighted by molar-refractivity contribution is 9.26. The lowest BCUT2D eigenvalue weighted by Crippen LogP contribution is -2.37. The van der Waals surface area contributed by atoms with E-state index in [1.807, 2.05) is 6.92 Å². The summed E-state index contributed by atoms with van der Waals surface area (Å²) in [7, 11) is 0. The number of alkyl halides is 2. The normalized spacial score (nSPS) is 10.9. The molecule has 0 aliphatic carbocycles. The summed E-state index contributed by atoms with van der Waals surface area (Å²) in [5.74, 6) is -1.40. The van der Waals surface area contributed by atoms with Gasteiger partial charge in [-0.1, -0.05) is 6.92 Å². The van der Waals surface area contributed by atoms with Gasteiger partial charge in [0.2, 0.25) is 0 Å². The predicted octanol–water partition coefficient (Wildman–Crippen LogP) is 1.99. The number of carbonyl (C=O) groups excluding carboxylic acids is 2. The van der Waals surface area contributed by atoms with Gasteiger partial charge in [0.25, 0.3) is 3.23 Å². The molecule has 0 unspecified atom stereocenters. The standard InChI is InChI=1S/C8H12Br2O4/c1-3-5-14-7(12)8(9,10)6(11)13-4-2/h3-5H2,1-2H3. The molecular formula is C8H12Br2O4. The van der Waals surface area contributed by atoms with E-state index in [1.54, 1.807) is 6.92 Å². The van der Waals surface area contributed by atoms with Crippen molar-refractivity contribution < 1.29 is 19.1 Å². The van der Waals surface area contributed by atoms with Gasteiger partial charge in [-0.25, -0.2) is 9.59 Å². The zero-order chi connectivity index (χ0) is 11.2. The van der Waals surface area contributed by atoms with E-state index >= 15 is 0 Å². The van der Waals surface area contributed by atoms with Crippen LogP contribution in [0.4, 0.5) is 0 Å². The van der Waals surface area contributed by atoms with E-state index in [9.17, 15) is 9.59 Å². The molecule has 0 spiro atoms. The van der Waals surface area contributed by atoms with E-state index in [-0.39, 0.29) is 13.2 Å². The highest BCUT2D eigenvalue weighted by atomic mass is 79.9. The van der Waals surface area contributed by atoms with Gasteiger partial charge in [0.1, 0.15) is 0 Å². The molecule has 0 saturated carbocycles. The first-order chi connectivity index (χ1) is 6.46. The van der Waals surface area contributed by atoms with Crippen molar-refractivity contribution in [3.8, 4) is 0 Å². The first-order valence-corrected chi connectivity index (χ1v) is 5.77. The van der Waals surface area contributed by atoms with Crippen molar-refractivity contribution in [3.63, 3.8) is 0 Å². The van der Waals surface area contributed by atoms with Gasteiger partial charge < -0.3 is 9.47 Å². The van der Waals surface area contributed by atoms with Crippen LogP contribution in [0.25, 0.3) is 0 Å². The molecule has 0 fully saturated rings. The van der Waals surface area contributed by atoms with Crippen LogP contribution in [-0.2, 0) is 19.1 Å². The predicted molar refractivity (Wildman–Crippen MR) is 58.5 cm³/mol. The van der Waals surface area contributed by atoms with Crippen molar-refractivity contribution in [1.82, 2.24) is 0 Å². The van der Waals surface area contributed by atoms with Gasteiger partial charge in [0.05, 0.1) is 13.2 Å². The third kappa shape index (κ3) is 3.96. The molecule has 0 bridgehead atoms. The molecule has 0 saturated heterocycles. The Bertz CT molecular complexity index is 215. The fraction of sp³-hybridized carbons (Fsp3) is 0.750. The molecule has 4 nitrogen and oxygen atoms in total. The minimum atomic E-state index is -1.58. The Morgan fingerprint density at radius 2 is 1.64 bits per heavy atom. The summed E-state index contributed by atoms with van der Waals surface area (Å²) in [6, 6.07) is 0. The summed E-state index contributed by atoms with van der Waals surface area (Å²) in [4.78, 5) is 22.6. The molecule has 0 aromatic heterocycles. The maximum Gasteiger partial charge on any atom is 0.345 e. The molecular weight excluding hydrogens is 320 g/mol. The van der Waals surface area contributed by atoms with Crippen molar-refractivity contribution in [1.29, 1.82) is 0 Å². The number of halogens is 2. The van der Waals surface area contributed by atoms with Gasteiger partial charge in [-0.05, 0) is 45.2 Å². The summed E-state index contributed by atoms with van der Waals surface area (Å²) >= 11 is 5.82. The lowest BCUT2D eigenvalue weighted by atomic mass is 10.4. The van der Waals surface area contributed by atoms with Crippen LogP contribution in [0.3, 0.4) is 0 Å². The minimum absolute atomic E-state index is 0.207. The Hall–Kier alpha value is -0.100. The first-order valence-electron chi connectivity index (χ1n) is 4.19. The van der Waals surface area contributed by atoms with E-state index in [0.717, 1.165) is 0 Å². The van der Waals surface area contributed by atoms with Gasteiger partial charge in [0, 0.05) is 0 Å². The molecule has 0 amide bonds. The highest BCUT2D eigenvalue weighted by Crippen LogP contribution is 2.29. The molecule has 0 radical (unpaired) electrons. The van der Waals surface area contributed by atoms with Crippen LogP contribution >= 0.6 is 31.9 Å². The molecule has 0 N–H and O–H groups in total. The third-order valence-corrected chi connectivity index (χ3v) is 2.52. The van der Waals surface area contributed by atoms with Gasteiger partial charge in [-0.3, -0.25) is 0 Å². The molecule has 0 aromatic rings. The van der Waals surface area contributed by atoms with Gasteiger partial charge in [-0.15, -0.1) is 0 Å². The second-order valence-electron chi connectivity index (χ2n) is 2.43. The Morgan fingerprint density at radius 1 is 1.14 bits per heavy atom. The van der Waals surface area contributed by atoms with E-state index in [2.05, 4.69) is 36.6 Å². The lowest BCUT2D eigenvalue weighted by Gasteiger charge is -2.16. The fourth-order valence-electron chi connectivity index (χ4n) is 0.590. The quantitative estimate of drug-likeness (QED) is 0.439. The number of hydrogen-bond donors (Lipinski definition) is 0. The van der Waals surface area contributed by atoms with Gasteiger partial charge >= 0.3 is 11.9 Å². The molecule has 0 aromatic carbocycles. The monoisotopic (exact) mass is 330 g/mol. The Labute approximate surface area is 99.6 Å². The van der Waals surface area contributed by atoms with Crippen molar-refractivity contribution >= 4 is 43.8 Å². The fourth-order valence-corrected chi connectivity index (χ4v) is 1.05. The Balaban J connectivity index is 4.28. The van der Waals surface area contributed by atoms with Crippen LogP contribution in [-0.4, -0.2) is 28.4 Å². The minimum Gasteiger partial charge on any atom is -0.464 e. The second-order valence-corrected chi connectivity index (χ2v) is 5.87. The topological polar surface area (TPSA) is 52.6 Å². The Morgan fingerprint density at radius 3 is 2.07 bits per heavy atom. The van der Waals surface area contributed by atoms with Gasteiger partial charge in [0.15, 0.2) is 0 Å². The lowest BCUT2D eigenvalue weighted by molar-refractivity contribution is -0.154. The maximum absolute atomic E-state index is 11.3. The smallest absolute Gasteiger partial charge is 0.345 e. The van der Waals surface area contributed by atoms with E-state index in [0.29, 0.717) is 6.42 Å². The van der Waals surface area contributed by atoms with Crippen molar-refractivity contribution in [2.24, 2.45) is 0 Å². The number of rotatable bonds is 5. The summed E-state index contributed by atoms with van der Waals surface area (Å²) in [6.07, 6.45) is 0.699. The van der Waals surface area contributed by atoms with Crippen molar-refractivity contribution in [2.45, 2.75) is 23.5 Å². The molecule has 6 heteroatoms. The summed E-state index contributed by atoms with van der Waals surface area (Å²) in [5.41, 5.74) is 0. The highest BCUT2D eigenvalue weighted by Gasteiger charge is 2.44. The number of ether oxygens (including phenoxy) is 2. The zero-order valence-corrected chi connectivity index (χ0v) is 11.2. The van der Waals surface area contributed by atoms with Crippen LogP contribution in [0, 0.1) is 0 Å². The van der Waals surface area contributed by atoms with E-state index < -0.39 is 15.2 Å². The van der Waals surface area contributed by atoms with Crippen LogP contribution in [0.1, 0.15) is 20.3 Å². The third-order valence-electron chi connectivity index (χ3n) is 1.23. The van der Waals surface area contributed by atoms with E-state index in [4.69, 9.17) is 4.74 Å². The largest absolute Gasteiger partial charge is 0.464 e. The zero-order valence-electron chi connectivity index (χ0n) is 8.01. The maximum atomic E-state index is 11.3. The number of esters is 2. The summed E-state index contributed by atoms with van der Waals surface area (Å²) < 4.78 is 7.89. The van der Waals surface area contributed by atoms with Crippen LogP contribution in [0.5, 0.6) is 0 Å². The average molecular weight is 332 g/mol. The van der Waals surface area contributed by atoms with Gasteiger partial charge in [-0.2, -0.15) is 0 Å². The molecule has 82 valence electrons. The molecule has 14 heavy (non-hydrogen) atoms. The van der Waals surface area contributed by atoms with Crippen LogP contribution < -0.4 is 0 Å². The average Bonchev–Trinajstić information content (AvgIpc) is 2.14. The molecule has 0 atom stereocenters. The summed E-state index contributed by atoms with van der Waals surface area (Å²) in [6.45, 7) is 4.00. The molecule has 0 rings (SSSR count). The van der Waals surface area contributed by atoms with Crippen LogP contribution in [0.15, 0.2) is 0 Å². The van der Waals surface area contributed by atoms with E-state index in [1.165, 1.54) is 0 Å².